The zero-order chi connectivity index (χ0) is 15.7. The van der Waals surface area contributed by atoms with Crippen LogP contribution in [-0.4, -0.2) is 25.5 Å². The summed E-state index contributed by atoms with van der Waals surface area (Å²) in [5.41, 5.74) is 1.23. The number of nitrogens with one attached hydrogen (secondary N) is 2. The smallest absolute Gasteiger partial charge is 0.263 e. The first-order valence-corrected chi connectivity index (χ1v) is 8.75. The molecule has 0 radical (unpaired) electrons. The van der Waals surface area contributed by atoms with Gasteiger partial charge < -0.3 is 10.6 Å². The highest BCUT2D eigenvalue weighted by molar-refractivity contribution is 7.21. The molecular weight excluding hydrogens is 398 g/mol. The number of halogens is 4. The highest BCUT2D eigenvalue weighted by Crippen LogP contribution is 2.41. The molecular formula is C15H14Cl4N2OS. The summed E-state index contributed by atoms with van der Waals surface area (Å²) in [7, 11) is 0. The number of fused-ring (bicyclic) bond motifs is 1. The van der Waals surface area contributed by atoms with E-state index >= 15 is 0 Å². The lowest BCUT2D eigenvalue weighted by atomic mass is 10.1. The van der Waals surface area contributed by atoms with E-state index in [9.17, 15) is 4.79 Å². The molecule has 1 aromatic carbocycles. The Labute approximate surface area is 159 Å². The Bertz CT molecular complexity index is 772. The molecule has 0 unspecified atom stereocenters. The molecule has 1 aliphatic heterocycles. The van der Waals surface area contributed by atoms with Crippen LogP contribution in [0.1, 0.15) is 16.1 Å². The van der Waals surface area contributed by atoms with Crippen LogP contribution in [0.15, 0.2) is 23.8 Å². The number of rotatable bonds is 3. The Morgan fingerprint density at radius 1 is 1.30 bits per heavy atom. The first-order chi connectivity index (χ1) is 10.6. The molecule has 3 nitrogen and oxygen atoms in total. The molecule has 1 aliphatic rings. The van der Waals surface area contributed by atoms with Crippen LogP contribution in [0.25, 0.3) is 10.1 Å². The van der Waals surface area contributed by atoms with E-state index < -0.39 is 0 Å². The van der Waals surface area contributed by atoms with Gasteiger partial charge in [-0.15, -0.1) is 23.7 Å². The molecule has 8 heteroatoms. The molecule has 1 amide bonds. The molecule has 0 saturated heterocycles. The van der Waals surface area contributed by atoms with E-state index in [4.69, 9.17) is 34.8 Å². The van der Waals surface area contributed by atoms with Crippen LogP contribution in [0, 0.1) is 0 Å². The summed E-state index contributed by atoms with van der Waals surface area (Å²) in [6.45, 7) is 2.34. The second-order valence-electron chi connectivity index (χ2n) is 5.01. The summed E-state index contributed by atoms with van der Waals surface area (Å²) in [6.07, 6.45) is 3.05. The van der Waals surface area contributed by atoms with E-state index in [2.05, 4.69) is 16.7 Å². The van der Waals surface area contributed by atoms with Crippen molar-refractivity contribution in [2.24, 2.45) is 0 Å². The number of carbonyl (C=O) groups excluding carboxylic acids is 1. The molecule has 0 bridgehead atoms. The quantitative estimate of drug-likeness (QED) is 0.702. The third-order valence-corrected chi connectivity index (χ3v) is 5.63. The fraction of sp³-hybridized carbons (Fsp3) is 0.267. The van der Waals surface area contributed by atoms with E-state index in [0.717, 1.165) is 24.2 Å². The normalized spacial score (nSPS) is 14.3. The van der Waals surface area contributed by atoms with Gasteiger partial charge in [0.2, 0.25) is 0 Å². The van der Waals surface area contributed by atoms with Crippen molar-refractivity contribution in [1.82, 2.24) is 10.6 Å². The van der Waals surface area contributed by atoms with Gasteiger partial charge in [0.15, 0.2) is 0 Å². The van der Waals surface area contributed by atoms with Gasteiger partial charge in [0, 0.05) is 28.2 Å². The monoisotopic (exact) mass is 410 g/mol. The van der Waals surface area contributed by atoms with Gasteiger partial charge in [0.05, 0.1) is 10.0 Å². The van der Waals surface area contributed by atoms with Gasteiger partial charge in [-0.05, 0) is 25.1 Å². The summed E-state index contributed by atoms with van der Waals surface area (Å²) in [5, 5.41) is 8.22. The molecule has 23 heavy (non-hydrogen) atoms. The van der Waals surface area contributed by atoms with E-state index in [1.807, 2.05) is 0 Å². The van der Waals surface area contributed by atoms with E-state index in [1.54, 1.807) is 12.1 Å². The zero-order valence-electron chi connectivity index (χ0n) is 11.9. The largest absolute Gasteiger partial charge is 0.348 e. The number of benzene rings is 1. The summed E-state index contributed by atoms with van der Waals surface area (Å²) in [4.78, 5) is 12.8. The van der Waals surface area contributed by atoms with Crippen LogP contribution in [0.3, 0.4) is 0 Å². The molecule has 0 atom stereocenters. The van der Waals surface area contributed by atoms with Crippen molar-refractivity contribution in [3.63, 3.8) is 0 Å². The van der Waals surface area contributed by atoms with Crippen molar-refractivity contribution in [3.8, 4) is 0 Å². The third-order valence-electron chi connectivity index (χ3n) is 3.49. The van der Waals surface area contributed by atoms with Crippen molar-refractivity contribution < 1.29 is 4.79 Å². The van der Waals surface area contributed by atoms with Gasteiger partial charge in [0.1, 0.15) is 4.88 Å². The first kappa shape index (κ1) is 18.8. The minimum Gasteiger partial charge on any atom is -0.348 e. The Balaban J connectivity index is 0.00000192. The molecule has 2 heterocycles. The highest BCUT2D eigenvalue weighted by Gasteiger charge is 2.19. The molecule has 1 aromatic heterocycles. The third kappa shape index (κ3) is 4.13. The average molecular weight is 412 g/mol. The Kier molecular flexibility index (Phi) is 6.60. The summed E-state index contributed by atoms with van der Waals surface area (Å²) >= 11 is 19.8. The standard InChI is InChI=1S/C15H13Cl3N2OS.ClH/c16-9-5-10(17)12-11(6-9)22-14(13(12)18)15(21)20-7-8-1-3-19-4-2-8;/h1,5-6,19H,2-4,7H2,(H,20,21);1H. The Morgan fingerprint density at radius 2 is 2.09 bits per heavy atom. The van der Waals surface area contributed by atoms with Gasteiger partial charge in [-0.2, -0.15) is 0 Å². The number of hydrogen-bond acceptors (Lipinski definition) is 3. The number of carbonyl (C=O) groups is 1. The van der Waals surface area contributed by atoms with Crippen molar-refractivity contribution in [2.75, 3.05) is 19.6 Å². The topological polar surface area (TPSA) is 41.1 Å². The van der Waals surface area contributed by atoms with Crippen molar-refractivity contribution in [2.45, 2.75) is 6.42 Å². The van der Waals surface area contributed by atoms with Gasteiger partial charge in [-0.1, -0.05) is 46.5 Å². The Hall–Kier alpha value is -0.490. The van der Waals surface area contributed by atoms with Crippen LogP contribution < -0.4 is 10.6 Å². The van der Waals surface area contributed by atoms with Crippen molar-refractivity contribution in [3.05, 3.63) is 43.7 Å². The minimum absolute atomic E-state index is 0. The molecule has 2 N–H and O–H groups in total. The van der Waals surface area contributed by atoms with Crippen LogP contribution in [0.2, 0.25) is 15.1 Å². The summed E-state index contributed by atoms with van der Waals surface area (Å²) in [5.74, 6) is -0.183. The van der Waals surface area contributed by atoms with E-state index in [0.29, 0.717) is 31.9 Å². The van der Waals surface area contributed by atoms with E-state index in [1.165, 1.54) is 16.9 Å². The first-order valence-electron chi connectivity index (χ1n) is 6.80. The second kappa shape index (κ2) is 8.06. The fourth-order valence-electron chi connectivity index (χ4n) is 2.36. The maximum absolute atomic E-state index is 12.4. The minimum atomic E-state index is -0.183. The maximum atomic E-state index is 12.4. The summed E-state index contributed by atoms with van der Waals surface area (Å²) in [6, 6.07) is 3.40. The number of thiophene rings is 1. The van der Waals surface area contributed by atoms with E-state index in [-0.39, 0.29) is 18.3 Å². The van der Waals surface area contributed by atoms with Crippen LogP contribution in [0.4, 0.5) is 0 Å². The van der Waals surface area contributed by atoms with Crippen molar-refractivity contribution >= 4 is 74.5 Å². The fourth-order valence-corrected chi connectivity index (χ4v) is 4.66. The predicted molar refractivity (Wildman–Crippen MR) is 102 cm³/mol. The van der Waals surface area contributed by atoms with Crippen LogP contribution in [0.5, 0.6) is 0 Å². The molecule has 2 aromatic rings. The molecule has 124 valence electrons. The molecule has 0 spiro atoms. The lowest BCUT2D eigenvalue weighted by Crippen LogP contribution is -2.29. The lowest BCUT2D eigenvalue weighted by Gasteiger charge is -2.14. The SMILES string of the molecule is Cl.O=C(NCC1=CCNCC1)c1sc2cc(Cl)cc(Cl)c2c1Cl. The van der Waals surface area contributed by atoms with Crippen LogP contribution in [-0.2, 0) is 0 Å². The number of hydrogen-bond donors (Lipinski definition) is 2. The highest BCUT2D eigenvalue weighted by atomic mass is 35.5. The molecule has 0 aliphatic carbocycles. The predicted octanol–water partition coefficient (Wildman–Crippen LogP) is 4.93. The van der Waals surface area contributed by atoms with Gasteiger partial charge in [-0.25, -0.2) is 0 Å². The van der Waals surface area contributed by atoms with Crippen molar-refractivity contribution in [1.29, 1.82) is 0 Å². The van der Waals surface area contributed by atoms with Gasteiger partial charge in [0.25, 0.3) is 5.91 Å². The van der Waals surface area contributed by atoms with Gasteiger partial charge in [-0.3, -0.25) is 4.79 Å². The molecule has 0 fully saturated rings. The lowest BCUT2D eigenvalue weighted by molar-refractivity contribution is 0.0961. The number of amides is 1. The second-order valence-corrected chi connectivity index (χ2v) is 7.28. The molecule has 3 rings (SSSR count). The Morgan fingerprint density at radius 3 is 2.78 bits per heavy atom. The van der Waals surface area contributed by atoms with Gasteiger partial charge >= 0.3 is 0 Å². The van der Waals surface area contributed by atoms with Crippen LogP contribution >= 0.6 is 58.5 Å². The zero-order valence-corrected chi connectivity index (χ0v) is 15.8. The maximum Gasteiger partial charge on any atom is 0.263 e. The average Bonchev–Trinajstić information content (AvgIpc) is 2.83. The molecule has 0 saturated carbocycles. The summed E-state index contributed by atoms with van der Waals surface area (Å²) < 4.78 is 0.814.